The van der Waals surface area contributed by atoms with Crippen LogP contribution >= 0.6 is 0 Å². The molecule has 4 heteroatoms. The molecule has 0 fully saturated rings. The molecule has 4 rings (SSSR count). The lowest BCUT2D eigenvalue weighted by molar-refractivity contribution is 0.439. The molecule has 0 unspecified atom stereocenters. The van der Waals surface area contributed by atoms with Gasteiger partial charge in [0.1, 0.15) is 0 Å². The highest BCUT2D eigenvalue weighted by Gasteiger charge is 2.22. The van der Waals surface area contributed by atoms with Crippen LogP contribution in [0.3, 0.4) is 0 Å². The molecule has 0 amide bonds. The third kappa shape index (κ3) is 2.87. The van der Waals surface area contributed by atoms with Crippen molar-refractivity contribution < 1.29 is 4.42 Å². The van der Waals surface area contributed by atoms with Crippen LogP contribution in [0.5, 0.6) is 0 Å². The molecule has 0 aliphatic carbocycles. The monoisotopic (exact) mass is 338 g/mol. The molecular weight excluding hydrogens is 324 g/mol. The molecule has 26 heavy (non-hydrogen) atoms. The van der Waals surface area contributed by atoms with Crippen molar-refractivity contribution in [2.45, 2.75) is 5.92 Å². The molecule has 1 heterocycles. The fourth-order valence-electron chi connectivity index (χ4n) is 3.05. The molecule has 0 spiro atoms. The number of aromatic nitrogens is 1. The Balaban J connectivity index is 1.95. The van der Waals surface area contributed by atoms with Gasteiger partial charge in [-0.2, -0.15) is 5.26 Å². The van der Waals surface area contributed by atoms with Crippen molar-refractivity contribution >= 4 is 10.9 Å². The molecule has 0 bridgehead atoms. The van der Waals surface area contributed by atoms with Crippen LogP contribution in [-0.4, -0.2) is 4.98 Å². The fraction of sp³-hybridized carbons (Fsp3) is 0.0455. The summed E-state index contributed by atoms with van der Waals surface area (Å²) in [6, 6.07) is 26.5. The predicted octanol–water partition coefficient (Wildman–Crippen LogP) is 4.24. The average molecular weight is 338 g/mol. The minimum Gasteiger partial charge on any atom is -0.407 e. The van der Waals surface area contributed by atoms with E-state index < -0.39 is 5.63 Å². The summed E-state index contributed by atoms with van der Waals surface area (Å²) in [5, 5.41) is 9.34. The van der Waals surface area contributed by atoms with Crippen LogP contribution in [0.4, 0.5) is 0 Å². The van der Waals surface area contributed by atoms with E-state index in [1.165, 1.54) is 6.07 Å². The molecule has 0 radical (unpaired) electrons. The lowest BCUT2D eigenvalue weighted by Crippen LogP contribution is -2.11. The van der Waals surface area contributed by atoms with Gasteiger partial charge >= 0.3 is 5.63 Å². The molecule has 0 saturated carbocycles. The van der Waals surface area contributed by atoms with Gasteiger partial charge in [0.25, 0.3) is 0 Å². The van der Waals surface area contributed by atoms with Gasteiger partial charge in [-0.3, -0.25) is 0 Å². The van der Waals surface area contributed by atoms with Crippen molar-refractivity contribution in [2.75, 3.05) is 0 Å². The number of benzene rings is 3. The number of fused-ring (bicyclic) bond motifs is 1. The first-order valence-corrected chi connectivity index (χ1v) is 8.21. The molecule has 0 aliphatic rings. The van der Waals surface area contributed by atoms with E-state index >= 15 is 0 Å². The molecule has 0 N–H and O–H groups in total. The van der Waals surface area contributed by atoms with E-state index in [4.69, 9.17) is 9.68 Å². The van der Waals surface area contributed by atoms with E-state index in [0.29, 0.717) is 22.4 Å². The fourth-order valence-corrected chi connectivity index (χ4v) is 3.05. The smallest absolute Gasteiger partial charge is 0.346 e. The van der Waals surface area contributed by atoms with Crippen molar-refractivity contribution in [1.29, 1.82) is 5.26 Å². The first-order chi connectivity index (χ1) is 12.8. The Morgan fingerprint density at radius 3 is 2.08 bits per heavy atom. The molecule has 1 aromatic heterocycles. The summed E-state index contributed by atoms with van der Waals surface area (Å²) in [4.78, 5) is 17.1. The van der Waals surface area contributed by atoms with Crippen LogP contribution in [0.2, 0.25) is 0 Å². The van der Waals surface area contributed by atoms with Gasteiger partial charge in [-0.15, -0.1) is 0 Å². The topological polar surface area (TPSA) is 66.9 Å². The second-order valence-corrected chi connectivity index (χ2v) is 5.94. The van der Waals surface area contributed by atoms with Gasteiger partial charge in [0.15, 0.2) is 0 Å². The third-order valence-corrected chi connectivity index (χ3v) is 4.29. The largest absolute Gasteiger partial charge is 0.407 e. The second kappa shape index (κ2) is 6.66. The van der Waals surface area contributed by atoms with E-state index in [1.807, 2.05) is 66.7 Å². The van der Waals surface area contributed by atoms with E-state index in [2.05, 4.69) is 4.98 Å². The molecule has 4 aromatic rings. The Kier molecular flexibility index (Phi) is 4.04. The zero-order valence-electron chi connectivity index (χ0n) is 13.8. The van der Waals surface area contributed by atoms with Crippen molar-refractivity contribution in [3.05, 3.63) is 112 Å². The van der Waals surface area contributed by atoms with Crippen LogP contribution in [0.1, 0.15) is 28.5 Å². The second-order valence-electron chi connectivity index (χ2n) is 5.94. The van der Waals surface area contributed by atoms with Crippen LogP contribution in [0.25, 0.3) is 10.9 Å². The Bertz CT molecular complexity index is 1120. The number of rotatable bonds is 3. The number of hydrogen-bond donors (Lipinski definition) is 0. The van der Waals surface area contributed by atoms with Crippen LogP contribution in [0, 0.1) is 11.3 Å². The van der Waals surface area contributed by atoms with Gasteiger partial charge < -0.3 is 4.42 Å². The van der Waals surface area contributed by atoms with Crippen molar-refractivity contribution in [3.8, 4) is 6.07 Å². The summed E-state index contributed by atoms with van der Waals surface area (Å²) in [7, 11) is 0. The van der Waals surface area contributed by atoms with Gasteiger partial charge in [0, 0.05) is 0 Å². The predicted molar refractivity (Wildman–Crippen MR) is 98.8 cm³/mol. The summed E-state index contributed by atoms with van der Waals surface area (Å²) in [5.41, 5.74) is 2.41. The lowest BCUT2D eigenvalue weighted by atomic mass is 9.91. The highest BCUT2D eigenvalue weighted by molar-refractivity contribution is 5.78. The Labute approximate surface area is 150 Å². The highest BCUT2D eigenvalue weighted by Crippen LogP contribution is 2.30. The van der Waals surface area contributed by atoms with Gasteiger partial charge in [-0.05, 0) is 29.3 Å². The highest BCUT2D eigenvalue weighted by atomic mass is 16.4. The number of hydrogen-bond acceptors (Lipinski definition) is 4. The summed E-state index contributed by atoms with van der Waals surface area (Å²) in [6.07, 6.45) is 0. The first-order valence-electron chi connectivity index (χ1n) is 8.21. The van der Waals surface area contributed by atoms with Crippen LogP contribution in [0.15, 0.2) is 88.1 Å². The lowest BCUT2D eigenvalue weighted by Gasteiger charge is -2.16. The quantitative estimate of drug-likeness (QED) is 0.560. The summed E-state index contributed by atoms with van der Waals surface area (Å²) < 4.78 is 5.58. The van der Waals surface area contributed by atoms with Gasteiger partial charge in [0.2, 0.25) is 5.89 Å². The molecular formula is C22H14N2O2. The number of nitriles is 1. The van der Waals surface area contributed by atoms with Crippen LogP contribution < -0.4 is 5.63 Å². The maximum atomic E-state index is 12.5. The van der Waals surface area contributed by atoms with E-state index in [1.54, 1.807) is 12.1 Å². The van der Waals surface area contributed by atoms with Crippen molar-refractivity contribution in [1.82, 2.24) is 4.98 Å². The Morgan fingerprint density at radius 1 is 0.885 bits per heavy atom. The van der Waals surface area contributed by atoms with Gasteiger partial charge in [-0.25, -0.2) is 9.78 Å². The standard InChI is InChI=1S/C22H14N2O2/c23-14-15-11-12-19-18(13-15)22(25)26-21(24-19)20(16-7-3-1-4-8-16)17-9-5-2-6-10-17/h1-13,20H. The summed E-state index contributed by atoms with van der Waals surface area (Å²) in [6.45, 7) is 0. The maximum Gasteiger partial charge on any atom is 0.346 e. The maximum absolute atomic E-state index is 12.5. The average Bonchev–Trinajstić information content (AvgIpc) is 2.70. The first kappa shape index (κ1) is 15.8. The van der Waals surface area contributed by atoms with E-state index in [-0.39, 0.29) is 5.92 Å². The van der Waals surface area contributed by atoms with E-state index in [0.717, 1.165) is 11.1 Å². The summed E-state index contributed by atoms with van der Waals surface area (Å²) >= 11 is 0. The Hall–Kier alpha value is -3.71. The zero-order valence-corrected chi connectivity index (χ0v) is 13.8. The van der Waals surface area contributed by atoms with Gasteiger partial charge in [-0.1, -0.05) is 60.7 Å². The van der Waals surface area contributed by atoms with E-state index in [9.17, 15) is 4.79 Å². The Morgan fingerprint density at radius 2 is 1.50 bits per heavy atom. The van der Waals surface area contributed by atoms with Crippen molar-refractivity contribution in [2.24, 2.45) is 0 Å². The normalized spacial score (nSPS) is 10.8. The summed E-state index contributed by atoms with van der Waals surface area (Å²) in [5.74, 6) is 0.0507. The zero-order chi connectivity index (χ0) is 17.9. The molecule has 0 saturated heterocycles. The molecule has 124 valence electrons. The SMILES string of the molecule is N#Cc1ccc2nc(C(c3ccccc3)c3ccccc3)oc(=O)c2c1. The van der Waals surface area contributed by atoms with Gasteiger partial charge in [0.05, 0.1) is 28.5 Å². The minimum absolute atomic E-state index is 0.287. The molecule has 4 nitrogen and oxygen atoms in total. The third-order valence-electron chi connectivity index (χ3n) is 4.29. The van der Waals surface area contributed by atoms with Crippen LogP contribution in [-0.2, 0) is 0 Å². The molecule has 0 atom stereocenters. The molecule has 3 aromatic carbocycles. The molecule has 0 aliphatic heterocycles. The van der Waals surface area contributed by atoms with Crippen molar-refractivity contribution in [3.63, 3.8) is 0 Å². The number of nitrogens with zero attached hydrogens (tertiary/aromatic N) is 2. The minimum atomic E-state index is -0.487.